The number of nitrogens with one attached hydrogen (secondary N) is 2. The van der Waals surface area contributed by atoms with Crippen molar-refractivity contribution >= 4 is 27.4 Å². The van der Waals surface area contributed by atoms with E-state index in [9.17, 15) is 13.2 Å². The quantitative estimate of drug-likeness (QED) is 0.610. The molecule has 0 saturated heterocycles. The average molecular weight is 414 g/mol. The highest BCUT2D eigenvalue weighted by Crippen LogP contribution is 2.21. The van der Waals surface area contributed by atoms with E-state index in [1.807, 2.05) is 6.07 Å². The number of hydrogen-bond acceptors (Lipinski definition) is 7. The van der Waals surface area contributed by atoms with Gasteiger partial charge in [-0.2, -0.15) is 9.97 Å². The second-order valence-corrected chi connectivity index (χ2v) is 7.41. The average Bonchev–Trinajstić information content (AvgIpc) is 2.74. The fourth-order valence-electron chi connectivity index (χ4n) is 2.36. The normalized spacial score (nSPS) is 10.8. The molecule has 0 bridgehead atoms. The van der Waals surface area contributed by atoms with Crippen LogP contribution < -0.4 is 19.5 Å². The summed E-state index contributed by atoms with van der Waals surface area (Å²) < 4.78 is 37.5. The van der Waals surface area contributed by atoms with E-state index in [0.29, 0.717) is 11.3 Å². The number of rotatable bonds is 7. The first-order valence-electron chi connectivity index (χ1n) is 8.37. The molecule has 1 aromatic heterocycles. The fraction of sp³-hybridized carbons (Fsp3) is 0.105. The number of amides is 1. The molecule has 2 N–H and O–H groups in total. The maximum absolute atomic E-state index is 12.6. The SMILES string of the molecule is COc1cc(NS(=O)(=O)c2ccc(NC(=O)c3ccccc3)cc2)nc(OC)n1. The summed E-state index contributed by atoms with van der Waals surface area (Å²) in [4.78, 5) is 20.0. The predicted octanol–water partition coefficient (Wildman–Crippen LogP) is 2.55. The molecule has 1 heterocycles. The van der Waals surface area contributed by atoms with Crippen LogP contribution in [0, 0.1) is 0 Å². The van der Waals surface area contributed by atoms with Gasteiger partial charge in [0.1, 0.15) is 0 Å². The van der Waals surface area contributed by atoms with Crippen molar-refractivity contribution in [1.29, 1.82) is 0 Å². The highest BCUT2D eigenvalue weighted by atomic mass is 32.2. The first kappa shape index (κ1) is 20.1. The molecule has 9 nitrogen and oxygen atoms in total. The van der Waals surface area contributed by atoms with Crippen LogP contribution in [0.2, 0.25) is 0 Å². The zero-order chi connectivity index (χ0) is 20.9. The molecule has 0 radical (unpaired) electrons. The number of nitrogens with zero attached hydrogens (tertiary/aromatic N) is 2. The second kappa shape index (κ2) is 8.57. The van der Waals surface area contributed by atoms with Crippen molar-refractivity contribution < 1.29 is 22.7 Å². The summed E-state index contributed by atoms with van der Waals surface area (Å²) in [5, 5.41) is 2.71. The van der Waals surface area contributed by atoms with Gasteiger partial charge >= 0.3 is 6.01 Å². The summed E-state index contributed by atoms with van der Waals surface area (Å²) in [5.41, 5.74) is 0.959. The lowest BCUT2D eigenvalue weighted by atomic mass is 10.2. The van der Waals surface area contributed by atoms with Crippen molar-refractivity contribution in [3.8, 4) is 11.9 Å². The third kappa shape index (κ3) is 4.99. The monoisotopic (exact) mass is 414 g/mol. The molecular weight excluding hydrogens is 396 g/mol. The Morgan fingerprint density at radius 1 is 0.931 bits per heavy atom. The number of benzene rings is 2. The van der Waals surface area contributed by atoms with Crippen molar-refractivity contribution in [2.24, 2.45) is 0 Å². The van der Waals surface area contributed by atoms with Crippen LogP contribution in [0.5, 0.6) is 11.9 Å². The van der Waals surface area contributed by atoms with E-state index < -0.39 is 10.0 Å². The van der Waals surface area contributed by atoms with Crippen molar-refractivity contribution in [2.45, 2.75) is 4.90 Å². The van der Waals surface area contributed by atoms with Crippen LogP contribution in [-0.4, -0.2) is 38.5 Å². The van der Waals surface area contributed by atoms with Gasteiger partial charge in [-0.25, -0.2) is 8.42 Å². The van der Waals surface area contributed by atoms with E-state index in [1.165, 1.54) is 44.6 Å². The van der Waals surface area contributed by atoms with Crippen LogP contribution in [0.15, 0.2) is 65.6 Å². The van der Waals surface area contributed by atoms with Crippen molar-refractivity contribution in [3.63, 3.8) is 0 Å². The Morgan fingerprint density at radius 3 is 2.24 bits per heavy atom. The fourth-order valence-corrected chi connectivity index (χ4v) is 3.35. The molecule has 0 unspecified atom stereocenters. The van der Waals surface area contributed by atoms with Gasteiger partial charge in [-0.05, 0) is 36.4 Å². The summed E-state index contributed by atoms with van der Waals surface area (Å²) in [6.45, 7) is 0. The van der Waals surface area contributed by atoms with E-state index in [0.717, 1.165) is 0 Å². The van der Waals surface area contributed by atoms with Gasteiger partial charge in [0, 0.05) is 17.3 Å². The molecule has 29 heavy (non-hydrogen) atoms. The minimum atomic E-state index is -3.92. The lowest BCUT2D eigenvalue weighted by Gasteiger charge is -2.10. The molecule has 1 amide bonds. The molecule has 2 aromatic carbocycles. The summed E-state index contributed by atoms with van der Waals surface area (Å²) in [7, 11) is -1.18. The van der Waals surface area contributed by atoms with E-state index in [1.54, 1.807) is 24.3 Å². The molecule has 0 atom stereocenters. The maximum atomic E-state index is 12.6. The molecule has 0 fully saturated rings. The van der Waals surface area contributed by atoms with Crippen LogP contribution in [0.1, 0.15) is 10.4 Å². The van der Waals surface area contributed by atoms with Crippen LogP contribution in [0.25, 0.3) is 0 Å². The Kier molecular flexibility index (Phi) is 5.93. The Hall–Kier alpha value is -3.66. The molecule has 0 saturated carbocycles. The topological polar surface area (TPSA) is 120 Å². The van der Waals surface area contributed by atoms with Crippen molar-refractivity contribution in [1.82, 2.24) is 9.97 Å². The van der Waals surface area contributed by atoms with Gasteiger partial charge in [0.2, 0.25) is 5.88 Å². The van der Waals surface area contributed by atoms with Gasteiger partial charge in [-0.1, -0.05) is 18.2 Å². The highest BCUT2D eigenvalue weighted by Gasteiger charge is 2.17. The molecule has 0 spiro atoms. The zero-order valence-electron chi connectivity index (χ0n) is 15.6. The summed E-state index contributed by atoms with van der Waals surface area (Å²) >= 11 is 0. The van der Waals surface area contributed by atoms with Gasteiger partial charge in [0.15, 0.2) is 5.82 Å². The summed E-state index contributed by atoms with van der Waals surface area (Å²) in [6.07, 6.45) is 0. The Morgan fingerprint density at radius 2 is 1.62 bits per heavy atom. The van der Waals surface area contributed by atoms with Crippen molar-refractivity contribution in [3.05, 3.63) is 66.2 Å². The van der Waals surface area contributed by atoms with E-state index in [4.69, 9.17) is 9.47 Å². The number of anilines is 2. The van der Waals surface area contributed by atoms with E-state index in [-0.39, 0.29) is 28.5 Å². The first-order valence-corrected chi connectivity index (χ1v) is 9.86. The smallest absolute Gasteiger partial charge is 0.321 e. The lowest BCUT2D eigenvalue weighted by molar-refractivity contribution is 0.102. The molecule has 10 heteroatoms. The van der Waals surface area contributed by atoms with Gasteiger partial charge in [0.25, 0.3) is 15.9 Å². The number of carbonyl (C=O) groups is 1. The minimum Gasteiger partial charge on any atom is -0.481 e. The maximum Gasteiger partial charge on any atom is 0.321 e. The second-order valence-electron chi connectivity index (χ2n) is 5.73. The van der Waals surface area contributed by atoms with Gasteiger partial charge in [-0.15, -0.1) is 0 Å². The third-order valence-corrected chi connectivity index (χ3v) is 5.14. The summed E-state index contributed by atoms with van der Waals surface area (Å²) in [6, 6.07) is 15.7. The molecule has 0 aliphatic rings. The molecule has 150 valence electrons. The lowest BCUT2D eigenvalue weighted by Crippen LogP contribution is -2.15. The number of ether oxygens (including phenoxy) is 2. The van der Waals surface area contributed by atoms with E-state index in [2.05, 4.69) is 20.0 Å². The standard InChI is InChI=1S/C19H18N4O5S/c1-27-17-12-16(21-19(22-17)28-2)23-29(25,26)15-10-8-14(9-11-15)20-18(24)13-6-4-3-5-7-13/h3-12H,1-2H3,(H,20,24)(H,21,22,23). The Balaban J connectivity index is 1.75. The zero-order valence-corrected chi connectivity index (χ0v) is 16.4. The molecule has 0 aliphatic heterocycles. The molecule has 0 aliphatic carbocycles. The number of hydrogen-bond donors (Lipinski definition) is 2. The largest absolute Gasteiger partial charge is 0.481 e. The van der Waals surface area contributed by atoms with E-state index >= 15 is 0 Å². The Bertz CT molecular complexity index is 1080. The van der Waals surface area contributed by atoms with Gasteiger partial charge in [0.05, 0.1) is 19.1 Å². The highest BCUT2D eigenvalue weighted by molar-refractivity contribution is 7.92. The third-order valence-electron chi connectivity index (χ3n) is 3.77. The first-order chi connectivity index (χ1) is 13.9. The van der Waals surface area contributed by atoms with Gasteiger partial charge in [-0.3, -0.25) is 9.52 Å². The Labute approximate surface area is 167 Å². The number of carbonyl (C=O) groups excluding carboxylic acids is 1. The minimum absolute atomic E-state index is 0.00448. The number of sulfonamides is 1. The molecule has 3 rings (SSSR count). The predicted molar refractivity (Wildman–Crippen MR) is 107 cm³/mol. The number of aromatic nitrogens is 2. The molecular formula is C19H18N4O5S. The van der Waals surface area contributed by atoms with Crippen LogP contribution in [-0.2, 0) is 10.0 Å². The van der Waals surface area contributed by atoms with Crippen LogP contribution in [0.3, 0.4) is 0 Å². The van der Waals surface area contributed by atoms with Crippen LogP contribution >= 0.6 is 0 Å². The van der Waals surface area contributed by atoms with Crippen molar-refractivity contribution in [2.75, 3.05) is 24.3 Å². The molecule has 3 aromatic rings. The van der Waals surface area contributed by atoms with Crippen LogP contribution in [0.4, 0.5) is 11.5 Å². The number of methoxy groups -OCH3 is 2. The van der Waals surface area contributed by atoms with Gasteiger partial charge < -0.3 is 14.8 Å². The summed E-state index contributed by atoms with van der Waals surface area (Å²) in [5.74, 6) is -0.150.